The minimum atomic E-state index is -0.706. The number of hydrogen-bond acceptors (Lipinski definition) is 4. The van der Waals surface area contributed by atoms with Crippen molar-refractivity contribution in [3.8, 4) is 5.75 Å². The molecule has 1 aromatic heterocycles. The zero-order valence-electron chi connectivity index (χ0n) is 17.2. The molecule has 6 heteroatoms. The second kappa shape index (κ2) is 8.71. The van der Waals surface area contributed by atoms with Crippen LogP contribution in [0.25, 0.3) is 11.0 Å². The van der Waals surface area contributed by atoms with Crippen LogP contribution >= 0.6 is 0 Å². The molecule has 3 aromatic rings. The van der Waals surface area contributed by atoms with Crippen LogP contribution < -0.4 is 4.74 Å². The number of amides is 1. The Morgan fingerprint density at radius 3 is 2.83 bits per heavy atom. The molecule has 4 rings (SSSR count). The van der Waals surface area contributed by atoms with E-state index in [0.29, 0.717) is 26.1 Å². The number of nitrogens with zero attached hydrogens (tertiary/aromatic N) is 3. The first-order chi connectivity index (χ1) is 14.6. The largest absolute Gasteiger partial charge is 0.491 e. The molecule has 1 N–H and O–H groups in total. The molecule has 1 fully saturated rings. The van der Waals surface area contributed by atoms with Crippen LogP contribution in [0.1, 0.15) is 23.7 Å². The second-order valence-electron chi connectivity index (χ2n) is 7.79. The minimum Gasteiger partial charge on any atom is -0.491 e. The van der Waals surface area contributed by atoms with Gasteiger partial charge in [-0.3, -0.25) is 4.79 Å². The van der Waals surface area contributed by atoms with Gasteiger partial charge in [-0.2, -0.15) is 0 Å². The van der Waals surface area contributed by atoms with Gasteiger partial charge >= 0.3 is 0 Å². The number of aromatic nitrogens is 2. The number of aliphatic hydroxyl groups is 1. The van der Waals surface area contributed by atoms with Crippen molar-refractivity contribution in [3.63, 3.8) is 0 Å². The number of ether oxygens (including phenoxy) is 1. The van der Waals surface area contributed by atoms with Crippen LogP contribution in [0.15, 0.2) is 61.2 Å². The van der Waals surface area contributed by atoms with Crippen LogP contribution in [0.4, 0.5) is 0 Å². The van der Waals surface area contributed by atoms with Crippen LogP contribution in [0, 0.1) is 6.92 Å². The maximum Gasteiger partial charge on any atom is 0.223 e. The zero-order valence-corrected chi connectivity index (χ0v) is 17.2. The molecule has 1 amide bonds. The molecule has 2 atom stereocenters. The highest BCUT2D eigenvalue weighted by molar-refractivity contribution is 5.81. The van der Waals surface area contributed by atoms with Gasteiger partial charge in [-0.15, -0.1) is 6.58 Å². The number of aryl methyl sites for hydroxylation is 1. The number of likely N-dealkylation sites (tertiary alicyclic amines) is 1. The third-order valence-corrected chi connectivity index (χ3v) is 5.53. The summed E-state index contributed by atoms with van der Waals surface area (Å²) in [6, 6.07) is 15.6. The third-order valence-electron chi connectivity index (χ3n) is 5.53. The second-order valence-corrected chi connectivity index (χ2v) is 7.79. The Morgan fingerprint density at radius 1 is 1.27 bits per heavy atom. The third kappa shape index (κ3) is 4.09. The summed E-state index contributed by atoms with van der Waals surface area (Å²) in [6.07, 6.45) is 1.46. The standard InChI is InChI=1S/C24H27N3O3/c1-3-12-26-14-18(13-23(26)29)24-25-20-9-5-6-10-21(20)27(24)15-19(28)16-30-22-11-7-4-8-17(22)2/h3-11,18-19,28H,1,12-16H2,2H3. The molecule has 0 aliphatic carbocycles. The lowest BCUT2D eigenvalue weighted by molar-refractivity contribution is -0.127. The summed E-state index contributed by atoms with van der Waals surface area (Å²) in [5, 5.41) is 10.7. The average Bonchev–Trinajstić information content (AvgIpc) is 3.28. The van der Waals surface area contributed by atoms with Crippen LogP contribution in [0.5, 0.6) is 5.75 Å². The lowest BCUT2D eigenvalue weighted by atomic mass is 10.1. The van der Waals surface area contributed by atoms with E-state index in [4.69, 9.17) is 9.72 Å². The normalized spacial score (nSPS) is 17.5. The number of benzene rings is 2. The maximum atomic E-state index is 12.4. The summed E-state index contributed by atoms with van der Waals surface area (Å²) in [4.78, 5) is 19.0. The van der Waals surface area contributed by atoms with E-state index in [0.717, 1.165) is 28.2 Å². The highest BCUT2D eigenvalue weighted by Gasteiger charge is 2.33. The fraction of sp³-hybridized carbons (Fsp3) is 0.333. The lowest BCUT2D eigenvalue weighted by Gasteiger charge is -2.19. The van der Waals surface area contributed by atoms with Crippen LogP contribution in [0.3, 0.4) is 0 Å². The number of hydrogen-bond donors (Lipinski definition) is 1. The van der Waals surface area contributed by atoms with Gasteiger partial charge in [-0.05, 0) is 30.7 Å². The molecular formula is C24H27N3O3. The van der Waals surface area contributed by atoms with Crippen molar-refractivity contribution in [1.29, 1.82) is 0 Å². The van der Waals surface area contributed by atoms with Crippen LogP contribution in [-0.2, 0) is 11.3 Å². The molecule has 1 saturated heterocycles. The monoisotopic (exact) mass is 405 g/mol. The Kier molecular flexibility index (Phi) is 5.86. The number of fused-ring (bicyclic) bond motifs is 1. The summed E-state index contributed by atoms with van der Waals surface area (Å²) in [7, 11) is 0. The van der Waals surface area contributed by atoms with E-state index in [-0.39, 0.29) is 18.4 Å². The van der Waals surface area contributed by atoms with Crippen LogP contribution in [-0.4, -0.2) is 51.3 Å². The van der Waals surface area contributed by atoms with E-state index >= 15 is 0 Å². The molecule has 1 aliphatic heterocycles. The van der Waals surface area contributed by atoms with Crippen molar-refractivity contribution in [2.24, 2.45) is 0 Å². The molecule has 0 radical (unpaired) electrons. The fourth-order valence-corrected chi connectivity index (χ4v) is 4.04. The first kappa shape index (κ1) is 20.2. The Labute approximate surface area is 176 Å². The van der Waals surface area contributed by atoms with Gasteiger partial charge in [0, 0.05) is 25.4 Å². The first-order valence-corrected chi connectivity index (χ1v) is 10.3. The number of carbonyl (C=O) groups is 1. The van der Waals surface area contributed by atoms with Gasteiger partial charge in [0.1, 0.15) is 24.3 Å². The predicted molar refractivity (Wildman–Crippen MR) is 117 cm³/mol. The van der Waals surface area contributed by atoms with Gasteiger partial charge in [-0.25, -0.2) is 4.98 Å². The average molecular weight is 405 g/mol. The van der Waals surface area contributed by atoms with Gasteiger partial charge in [0.05, 0.1) is 17.6 Å². The van der Waals surface area contributed by atoms with Gasteiger partial charge in [0.2, 0.25) is 5.91 Å². The van der Waals surface area contributed by atoms with E-state index in [1.807, 2.05) is 60.0 Å². The van der Waals surface area contributed by atoms with E-state index in [9.17, 15) is 9.90 Å². The highest BCUT2D eigenvalue weighted by atomic mass is 16.5. The zero-order chi connectivity index (χ0) is 21.1. The molecule has 0 saturated carbocycles. The Balaban J connectivity index is 1.55. The molecule has 156 valence electrons. The van der Waals surface area contributed by atoms with Crippen molar-refractivity contribution in [2.45, 2.75) is 31.9 Å². The number of aliphatic hydroxyl groups excluding tert-OH is 1. The summed E-state index contributed by atoms with van der Waals surface area (Å²) in [5.41, 5.74) is 2.86. The van der Waals surface area contributed by atoms with Crippen molar-refractivity contribution in [2.75, 3.05) is 19.7 Å². The molecule has 2 unspecified atom stereocenters. The number of carbonyl (C=O) groups excluding carboxylic acids is 1. The molecule has 0 bridgehead atoms. The summed E-state index contributed by atoms with van der Waals surface area (Å²) in [6.45, 7) is 7.42. The quantitative estimate of drug-likeness (QED) is 0.584. The van der Waals surface area contributed by atoms with Gasteiger partial charge < -0.3 is 19.3 Å². The lowest BCUT2D eigenvalue weighted by Crippen LogP contribution is -2.26. The van der Waals surface area contributed by atoms with E-state index < -0.39 is 6.10 Å². The summed E-state index contributed by atoms with van der Waals surface area (Å²) < 4.78 is 7.87. The molecule has 6 nitrogen and oxygen atoms in total. The Bertz CT molecular complexity index is 1060. The molecule has 2 heterocycles. The van der Waals surface area contributed by atoms with Gasteiger partial charge in [0.25, 0.3) is 0 Å². The molecular weight excluding hydrogens is 378 g/mol. The van der Waals surface area contributed by atoms with Crippen LogP contribution in [0.2, 0.25) is 0 Å². The van der Waals surface area contributed by atoms with E-state index in [2.05, 4.69) is 6.58 Å². The Morgan fingerprint density at radius 2 is 2.03 bits per heavy atom. The summed E-state index contributed by atoms with van der Waals surface area (Å²) >= 11 is 0. The van der Waals surface area contributed by atoms with Crippen molar-refractivity contribution >= 4 is 16.9 Å². The SMILES string of the molecule is C=CCN1CC(c2nc3ccccc3n2CC(O)COc2ccccc2C)CC1=O. The molecule has 30 heavy (non-hydrogen) atoms. The van der Waals surface area contributed by atoms with Gasteiger partial charge in [-0.1, -0.05) is 36.4 Å². The van der Waals surface area contributed by atoms with Crippen molar-refractivity contribution in [1.82, 2.24) is 14.5 Å². The fourth-order valence-electron chi connectivity index (χ4n) is 4.04. The van der Waals surface area contributed by atoms with Gasteiger partial charge in [0.15, 0.2) is 0 Å². The molecule has 2 aromatic carbocycles. The minimum absolute atomic E-state index is 0.00524. The topological polar surface area (TPSA) is 67.6 Å². The number of para-hydroxylation sites is 3. The highest BCUT2D eigenvalue weighted by Crippen LogP contribution is 2.30. The van der Waals surface area contributed by atoms with Crippen molar-refractivity contribution in [3.05, 3.63) is 72.6 Å². The maximum absolute atomic E-state index is 12.4. The van der Waals surface area contributed by atoms with Crippen molar-refractivity contribution < 1.29 is 14.6 Å². The van der Waals surface area contributed by atoms with E-state index in [1.165, 1.54) is 0 Å². The molecule has 0 spiro atoms. The number of rotatable bonds is 8. The van der Waals surface area contributed by atoms with E-state index in [1.54, 1.807) is 11.0 Å². The predicted octanol–water partition coefficient (Wildman–Crippen LogP) is 3.29. The molecule has 1 aliphatic rings. The Hall–Kier alpha value is -3.12. The smallest absolute Gasteiger partial charge is 0.223 e. The first-order valence-electron chi connectivity index (χ1n) is 10.3. The summed E-state index contributed by atoms with van der Waals surface area (Å²) in [5.74, 6) is 1.72. The number of imidazole rings is 1.